The molecule has 1 fully saturated rings. The van der Waals surface area contributed by atoms with Gasteiger partial charge in [0.05, 0.1) is 17.4 Å². The summed E-state index contributed by atoms with van der Waals surface area (Å²) < 4.78 is 28.0. The number of amides is 1. The lowest BCUT2D eigenvalue weighted by Gasteiger charge is -2.22. The van der Waals surface area contributed by atoms with Crippen LogP contribution in [-0.4, -0.2) is 44.4 Å². The summed E-state index contributed by atoms with van der Waals surface area (Å²) in [5, 5.41) is 2.62. The van der Waals surface area contributed by atoms with Crippen LogP contribution in [0.4, 0.5) is 0 Å². The van der Waals surface area contributed by atoms with E-state index in [2.05, 4.69) is 5.32 Å². The van der Waals surface area contributed by atoms with Crippen molar-refractivity contribution in [3.05, 3.63) is 35.9 Å². The van der Waals surface area contributed by atoms with E-state index < -0.39 is 40.3 Å². The minimum atomic E-state index is -3.06. The van der Waals surface area contributed by atoms with Gasteiger partial charge in [0.15, 0.2) is 16.4 Å². The van der Waals surface area contributed by atoms with Gasteiger partial charge in [-0.1, -0.05) is 50.6 Å². The van der Waals surface area contributed by atoms with Crippen LogP contribution in [0.1, 0.15) is 38.2 Å². The molecular weight excluding hydrogens is 342 g/mol. The highest BCUT2D eigenvalue weighted by Gasteiger charge is 2.30. The van der Waals surface area contributed by atoms with E-state index in [1.54, 1.807) is 0 Å². The second-order valence-electron chi connectivity index (χ2n) is 6.55. The number of ether oxygens (including phenoxy) is 1. The zero-order valence-corrected chi connectivity index (χ0v) is 15.4. The van der Waals surface area contributed by atoms with Gasteiger partial charge >= 0.3 is 5.97 Å². The van der Waals surface area contributed by atoms with Crippen LogP contribution in [0.15, 0.2) is 30.3 Å². The van der Waals surface area contributed by atoms with E-state index in [1.165, 1.54) is 0 Å². The minimum absolute atomic E-state index is 0.0494. The number of hydrogen-bond acceptors (Lipinski definition) is 5. The minimum Gasteiger partial charge on any atom is -0.455 e. The number of nitrogens with one attached hydrogen (secondary N) is 1. The van der Waals surface area contributed by atoms with Gasteiger partial charge in [-0.2, -0.15) is 0 Å². The largest absolute Gasteiger partial charge is 0.455 e. The maximum Gasteiger partial charge on any atom is 0.314 e. The van der Waals surface area contributed by atoms with Crippen molar-refractivity contribution in [3.63, 3.8) is 0 Å². The summed E-state index contributed by atoms with van der Waals surface area (Å²) in [5.74, 6) is -1.21. The Morgan fingerprint density at radius 3 is 2.52 bits per heavy atom. The Morgan fingerprint density at radius 1 is 1.28 bits per heavy atom. The second-order valence-corrected chi connectivity index (χ2v) is 8.78. The van der Waals surface area contributed by atoms with Gasteiger partial charge in [0, 0.05) is 6.04 Å². The number of hydrogen-bond donors (Lipinski definition) is 1. The van der Waals surface area contributed by atoms with E-state index in [-0.39, 0.29) is 17.4 Å². The molecule has 7 heteroatoms. The molecule has 138 valence electrons. The first-order valence-corrected chi connectivity index (χ1v) is 10.4. The summed E-state index contributed by atoms with van der Waals surface area (Å²) in [6.07, 6.45) is 1.21. The standard InChI is InChI=1S/C18H25NO5S/c1-3-13(2)17(14-7-5-4-6-8-14)18(21)24-11-16(20)19-15-9-10-25(22,23)12-15/h4-8,13,15,17H,3,9-12H2,1-2H3,(H,19,20)/t13-,15-,17+/m1/s1. The van der Waals surface area contributed by atoms with Crippen molar-refractivity contribution < 1.29 is 22.7 Å². The molecule has 0 spiro atoms. The van der Waals surface area contributed by atoms with Crippen LogP contribution in [0.3, 0.4) is 0 Å². The molecule has 0 aromatic heterocycles. The van der Waals surface area contributed by atoms with Crippen molar-refractivity contribution in [1.82, 2.24) is 5.32 Å². The van der Waals surface area contributed by atoms with Crippen molar-refractivity contribution in [2.75, 3.05) is 18.1 Å². The molecule has 1 aromatic rings. The van der Waals surface area contributed by atoms with E-state index in [4.69, 9.17) is 4.74 Å². The number of carbonyl (C=O) groups excluding carboxylic acids is 2. The third-order valence-electron chi connectivity index (χ3n) is 4.57. The third-order valence-corrected chi connectivity index (χ3v) is 6.34. The van der Waals surface area contributed by atoms with Crippen LogP contribution < -0.4 is 5.32 Å². The quantitative estimate of drug-likeness (QED) is 0.741. The van der Waals surface area contributed by atoms with Crippen molar-refractivity contribution in [2.24, 2.45) is 5.92 Å². The predicted molar refractivity (Wildman–Crippen MR) is 94.8 cm³/mol. The molecule has 0 bridgehead atoms. The van der Waals surface area contributed by atoms with Crippen molar-refractivity contribution in [3.8, 4) is 0 Å². The lowest BCUT2D eigenvalue weighted by Crippen LogP contribution is -2.38. The summed E-state index contributed by atoms with van der Waals surface area (Å²) >= 11 is 0. The average molecular weight is 367 g/mol. The smallest absolute Gasteiger partial charge is 0.314 e. The fourth-order valence-electron chi connectivity index (χ4n) is 3.00. The van der Waals surface area contributed by atoms with Gasteiger partial charge in [0.25, 0.3) is 5.91 Å². The Bertz CT molecular complexity index is 701. The van der Waals surface area contributed by atoms with E-state index in [0.29, 0.717) is 6.42 Å². The Balaban J connectivity index is 1.91. The average Bonchev–Trinajstić information content (AvgIpc) is 2.92. The molecule has 1 aliphatic rings. The van der Waals surface area contributed by atoms with Crippen LogP contribution in [0.5, 0.6) is 0 Å². The van der Waals surface area contributed by atoms with E-state index in [0.717, 1.165) is 12.0 Å². The highest BCUT2D eigenvalue weighted by molar-refractivity contribution is 7.91. The Morgan fingerprint density at radius 2 is 1.96 bits per heavy atom. The van der Waals surface area contributed by atoms with Gasteiger partial charge in [-0.15, -0.1) is 0 Å². The molecule has 25 heavy (non-hydrogen) atoms. The van der Waals surface area contributed by atoms with Crippen LogP contribution >= 0.6 is 0 Å². The first-order valence-electron chi connectivity index (χ1n) is 8.53. The molecule has 0 radical (unpaired) electrons. The molecule has 1 N–H and O–H groups in total. The topological polar surface area (TPSA) is 89.5 Å². The summed E-state index contributed by atoms with van der Waals surface area (Å²) in [6.45, 7) is 3.58. The van der Waals surface area contributed by atoms with Crippen molar-refractivity contribution in [2.45, 2.75) is 38.6 Å². The van der Waals surface area contributed by atoms with Crippen LogP contribution in [0.2, 0.25) is 0 Å². The van der Waals surface area contributed by atoms with Crippen molar-refractivity contribution >= 4 is 21.7 Å². The zero-order chi connectivity index (χ0) is 18.4. The Labute approximate surface area is 148 Å². The fraction of sp³-hybridized carbons (Fsp3) is 0.556. The lowest BCUT2D eigenvalue weighted by molar-refractivity contribution is -0.151. The molecule has 6 nitrogen and oxygen atoms in total. The molecule has 3 atom stereocenters. The first kappa shape index (κ1) is 19.4. The SMILES string of the molecule is CC[C@@H](C)[C@H](C(=O)OCC(=O)N[C@@H]1CCS(=O)(=O)C1)c1ccccc1. The zero-order valence-electron chi connectivity index (χ0n) is 14.6. The summed E-state index contributed by atoms with van der Waals surface area (Å²) in [6, 6.07) is 8.97. The summed E-state index contributed by atoms with van der Waals surface area (Å²) in [5.41, 5.74) is 0.865. The van der Waals surface area contributed by atoms with Crippen LogP contribution in [0, 0.1) is 5.92 Å². The first-order chi connectivity index (χ1) is 11.8. The molecule has 0 aliphatic carbocycles. The summed E-state index contributed by atoms with van der Waals surface area (Å²) in [7, 11) is -3.06. The number of carbonyl (C=O) groups is 2. The highest BCUT2D eigenvalue weighted by Crippen LogP contribution is 2.28. The molecule has 1 aromatic carbocycles. The normalized spacial score (nSPS) is 21.3. The Hall–Kier alpha value is -1.89. The fourth-order valence-corrected chi connectivity index (χ4v) is 4.67. The molecule has 1 aliphatic heterocycles. The van der Waals surface area contributed by atoms with E-state index in [9.17, 15) is 18.0 Å². The molecule has 0 saturated carbocycles. The van der Waals surface area contributed by atoms with E-state index >= 15 is 0 Å². The Kier molecular flexibility index (Phi) is 6.58. The maximum atomic E-state index is 12.5. The molecule has 0 unspecified atom stereocenters. The van der Waals surface area contributed by atoms with Gasteiger partial charge < -0.3 is 10.1 Å². The van der Waals surface area contributed by atoms with Crippen LogP contribution in [-0.2, 0) is 24.2 Å². The number of rotatable bonds is 7. The predicted octanol–water partition coefficient (Wildman–Crippen LogP) is 1.66. The van der Waals surface area contributed by atoms with Gasteiger partial charge in [-0.3, -0.25) is 9.59 Å². The third kappa shape index (κ3) is 5.56. The second kappa shape index (κ2) is 8.47. The highest BCUT2D eigenvalue weighted by atomic mass is 32.2. The van der Waals surface area contributed by atoms with Gasteiger partial charge in [0.2, 0.25) is 0 Å². The van der Waals surface area contributed by atoms with Crippen molar-refractivity contribution in [1.29, 1.82) is 0 Å². The molecule has 2 rings (SSSR count). The molecular formula is C18H25NO5S. The molecule has 1 saturated heterocycles. The van der Waals surface area contributed by atoms with Gasteiger partial charge in [-0.25, -0.2) is 8.42 Å². The number of benzene rings is 1. The van der Waals surface area contributed by atoms with Crippen LogP contribution in [0.25, 0.3) is 0 Å². The molecule has 1 heterocycles. The maximum absolute atomic E-state index is 12.5. The summed E-state index contributed by atoms with van der Waals surface area (Å²) in [4.78, 5) is 24.4. The monoisotopic (exact) mass is 367 g/mol. The number of sulfone groups is 1. The van der Waals surface area contributed by atoms with E-state index in [1.807, 2.05) is 44.2 Å². The number of esters is 1. The lowest BCUT2D eigenvalue weighted by atomic mass is 9.86. The molecule has 1 amide bonds. The van der Waals surface area contributed by atoms with Gasteiger partial charge in [-0.05, 0) is 17.9 Å². The van der Waals surface area contributed by atoms with Gasteiger partial charge in [0.1, 0.15) is 0 Å².